The normalized spacial score (nSPS) is 17.9. The zero-order valence-corrected chi connectivity index (χ0v) is 10.8. The summed E-state index contributed by atoms with van der Waals surface area (Å²) >= 11 is 0. The number of halogens is 1. The number of methoxy groups -OCH3 is 1. The van der Waals surface area contributed by atoms with E-state index in [9.17, 15) is 4.39 Å². The van der Waals surface area contributed by atoms with Gasteiger partial charge in [0.25, 0.3) is 0 Å². The largest absolute Gasteiger partial charge is 0.494 e. The van der Waals surface area contributed by atoms with Crippen LogP contribution in [0.4, 0.5) is 4.39 Å². The number of nitrogens with two attached hydrogens (primary N) is 1. The Kier molecular flexibility index (Phi) is 4.55. The van der Waals surface area contributed by atoms with Crippen LogP contribution in [0.1, 0.15) is 43.7 Å². The molecule has 4 heteroatoms. The Morgan fingerprint density at radius 2 is 2.17 bits per heavy atom. The van der Waals surface area contributed by atoms with Gasteiger partial charge in [0.05, 0.1) is 7.11 Å². The molecule has 0 heterocycles. The van der Waals surface area contributed by atoms with Gasteiger partial charge in [-0.05, 0) is 18.4 Å². The van der Waals surface area contributed by atoms with Crippen molar-refractivity contribution < 1.29 is 9.13 Å². The average molecular weight is 252 g/mol. The Labute approximate surface area is 107 Å². The number of benzene rings is 1. The molecule has 18 heavy (non-hydrogen) atoms. The Morgan fingerprint density at radius 3 is 2.78 bits per heavy atom. The van der Waals surface area contributed by atoms with Gasteiger partial charge in [-0.3, -0.25) is 11.3 Å². The first kappa shape index (κ1) is 13.3. The first-order valence-corrected chi connectivity index (χ1v) is 6.54. The Bertz CT molecular complexity index is 391. The molecule has 100 valence electrons. The zero-order valence-electron chi connectivity index (χ0n) is 10.8. The third-order valence-corrected chi connectivity index (χ3v) is 3.83. The SMILES string of the molecule is COc1cccc(C(CC2CCCC2)NN)c1F. The van der Waals surface area contributed by atoms with Crippen molar-refractivity contribution in [1.82, 2.24) is 5.43 Å². The van der Waals surface area contributed by atoms with Gasteiger partial charge in [0.1, 0.15) is 0 Å². The van der Waals surface area contributed by atoms with Crippen LogP contribution in [0.3, 0.4) is 0 Å². The third-order valence-electron chi connectivity index (χ3n) is 3.83. The predicted octanol–water partition coefficient (Wildman–Crippen LogP) is 2.92. The molecule has 2 rings (SSSR count). The molecular weight excluding hydrogens is 231 g/mol. The molecule has 1 aliphatic rings. The van der Waals surface area contributed by atoms with Crippen molar-refractivity contribution in [3.63, 3.8) is 0 Å². The molecule has 1 unspecified atom stereocenters. The highest BCUT2D eigenvalue weighted by Gasteiger charge is 2.23. The Hall–Kier alpha value is -1.13. The fraction of sp³-hybridized carbons (Fsp3) is 0.571. The van der Waals surface area contributed by atoms with Gasteiger partial charge >= 0.3 is 0 Å². The number of rotatable bonds is 5. The maximum absolute atomic E-state index is 14.2. The molecule has 1 aromatic rings. The summed E-state index contributed by atoms with van der Waals surface area (Å²) in [4.78, 5) is 0. The van der Waals surface area contributed by atoms with Crippen molar-refractivity contribution in [2.75, 3.05) is 7.11 Å². The fourth-order valence-electron chi connectivity index (χ4n) is 2.82. The molecule has 0 aliphatic heterocycles. The second-order valence-electron chi connectivity index (χ2n) is 4.97. The molecule has 0 bridgehead atoms. The second-order valence-corrected chi connectivity index (χ2v) is 4.97. The molecule has 1 aliphatic carbocycles. The molecule has 0 saturated heterocycles. The van der Waals surface area contributed by atoms with E-state index in [4.69, 9.17) is 10.6 Å². The lowest BCUT2D eigenvalue weighted by molar-refractivity contribution is 0.364. The van der Waals surface area contributed by atoms with Crippen molar-refractivity contribution in [2.45, 2.75) is 38.1 Å². The monoisotopic (exact) mass is 252 g/mol. The van der Waals surface area contributed by atoms with Gasteiger partial charge in [-0.15, -0.1) is 0 Å². The highest BCUT2D eigenvalue weighted by atomic mass is 19.1. The second kappa shape index (κ2) is 6.16. The topological polar surface area (TPSA) is 47.3 Å². The van der Waals surface area contributed by atoms with Crippen LogP contribution in [0.15, 0.2) is 18.2 Å². The van der Waals surface area contributed by atoms with Crippen molar-refractivity contribution in [1.29, 1.82) is 0 Å². The standard InChI is InChI=1S/C14H21FN2O/c1-18-13-8-4-7-11(14(13)15)12(17-16)9-10-5-2-3-6-10/h4,7-8,10,12,17H,2-3,5-6,9,16H2,1H3. The van der Waals surface area contributed by atoms with Crippen LogP contribution >= 0.6 is 0 Å². The number of hydrogen-bond donors (Lipinski definition) is 2. The number of ether oxygens (including phenoxy) is 1. The van der Waals surface area contributed by atoms with Crippen molar-refractivity contribution in [3.8, 4) is 5.75 Å². The van der Waals surface area contributed by atoms with Crippen molar-refractivity contribution in [3.05, 3.63) is 29.6 Å². The van der Waals surface area contributed by atoms with Crippen LogP contribution in [0.25, 0.3) is 0 Å². The van der Waals surface area contributed by atoms with Crippen molar-refractivity contribution in [2.24, 2.45) is 11.8 Å². The minimum Gasteiger partial charge on any atom is -0.494 e. The van der Waals surface area contributed by atoms with E-state index in [1.807, 2.05) is 0 Å². The van der Waals surface area contributed by atoms with Gasteiger partial charge in [-0.1, -0.05) is 37.8 Å². The minimum absolute atomic E-state index is 0.136. The molecule has 0 aromatic heterocycles. The summed E-state index contributed by atoms with van der Waals surface area (Å²) < 4.78 is 19.2. The zero-order chi connectivity index (χ0) is 13.0. The first-order chi connectivity index (χ1) is 8.76. The summed E-state index contributed by atoms with van der Waals surface area (Å²) in [6.45, 7) is 0. The molecule has 1 saturated carbocycles. The van der Waals surface area contributed by atoms with Crippen LogP contribution in [-0.2, 0) is 0 Å². The quantitative estimate of drug-likeness (QED) is 0.625. The van der Waals surface area contributed by atoms with E-state index in [0.717, 1.165) is 6.42 Å². The van der Waals surface area contributed by atoms with Crippen LogP contribution in [0.2, 0.25) is 0 Å². The number of hydrazine groups is 1. The molecule has 3 N–H and O–H groups in total. The van der Waals surface area contributed by atoms with E-state index in [1.54, 1.807) is 18.2 Å². The molecule has 1 aromatic carbocycles. The molecule has 0 spiro atoms. The molecular formula is C14H21FN2O. The van der Waals surface area contributed by atoms with Gasteiger partial charge in [0.2, 0.25) is 0 Å². The van der Waals surface area contributed by atoms with E-state index < -0.39 is 0 Å². The highest BCUT2D eigenvalue weighted by Crippen LogP contribution is 2.34. The molecule has 3 nitrogen and oxygen atoms in total. The smallest absolute Gasteiger partial charge is 0.169 e. The third kappa shape index (κ3) is 2.82. The molecule has 0 radical (unpaired) electrons. The summed E-state index contributed by atoms with van der Waals surface area (Å²) in [6.07, 6.45) is 5.90. The van der Waals surface area contributed by atoms with Crippen LogP contribution in [0, 0.1) is 11.7 Å². The molecule has 1 fully saturated rings. The van der Waals surface area contributed by atoms with Gasteiger partial charge < -0.3 is 4.74 Å². The van der Waals surface area contributed by atoms with E-state index in [0.29, 0.717) is 11.5 Å². The molecule has 0 amide bonds. The van der Waals surface area contributed by atoms with Gasteiger partial charge in [-0.25, -0.2) is 4.39 Å². The predicted molar refractivity (Wildman–Crippen MR) is 69.6 cm³/mol. The highest BCUT2D eigenvalue weighted by molar-refractivity contribution is 5.33. The van der Waals surface area contributed by atoms with E-state index >= 15 is 0 Å². The fourth-order valence-corrected chi connectivity index (χ4v) is 2.82. The van der Waals surface area contributed by atoms with Gasteiger partial charge in [0.15, 0.2) is 11.6 Å². The number of nitrogens with one attached hydrogen (secondary N) is 1. The lowest BCUT2D eigenvalue weighted by Gasteiger charge is -2.21. The minimum atomic E-state index is -0.305. The maximum Gasteiger partial charge on any atom is 0.169 e. The lowest BCUT2D eigenvalue weighted by Crippen LogP contribution is -2.30. The summed E-state index contributed by atoms with van der Waals surface area (Å²) in [5.41, 5.74) is 3.34. The number of hydrogen-bond acceptors (Lipinski definition) is 3. The maximum atomic E-state index is 14.2. The summed E-state index contributed by atoms with van der Waals surface area (Å²) in [5.74, 6) is 6.21. The first-order valence-electron chi connectivity index (χ1n) is 6.54. The van der Waals surface area contributed by atoms with Crippen molar-refractivity contribution >= 4 is 0 Å². The van der Waals surface area contributed by atoms with E-state index in [2.05, 4.69) is 5.43 Å². The molecule has 1 atom stereocenters. The van der Waals surface area contributed by atoms with Crippen LogP contribution < -0.4 is 16.0 Å². The lowest BCUT2D eigenvalue weighted by atomic mass is 9.93. The summed E-state index contributed by atoms with van der Waals surface area (Å²) in [6, 6.07) is 5.07. The Balaban J connectivity index is 2.15. The van der Waals surface area contributed by atoms with Gasteiger partial charge in [-0.2, -0.15) is 0 Å². The van der Waals surface area contributed by atoms with Crippen LogP contribution in [-0.4, -0.2) is 7.11 Å². The summed E-state index contributed by atoms with van der Waals surface area (Å²) in [5, 5.41) is 0. The summed E-state index contributed by atoms with van der Waals surface area (Å²) in [7, 11) is 1.48. The van der Waals surface area contributed by atoms with E-state index in [-0.39, 0.29) is 17.6 Å². The van der Waals surface area contributed by atoms with Crippen LogP contribution in [0.5, 0.6) is 5.75 Å². The Morgan fingerprint density at radius 1 is 1.44 bits per heavy atom. The van der Waals surface area contributed by atoms with Gasteiger partial charge in [0, 0.05) is 11.6 Å². The van der Waals surface area contributed by atoms with E-state index in [1.165, 1.54) is 32.8 Å². The average Bonchev–Trinajstić information content (AvgIpc) is 2.89.